The van der Waals surface area contributed by atoms with Crippen LogP contribution in [0.1, 0.15) is 12.5 Å². The first-order chi connectivity index (χ1) is 9.40. The Hall–Kier alpha value is -2.57. The summed E-state index contributed by atoms with van der Waals surface area (Å²) >= 11 is 0. The normalized spacial score (nSPS) is 13.1. The van der Waals surface area contributed by atoms with Crippen LogP contribution in [-0.2, 0) is 16.0 Å². The van der Waals surface area contributed by atoms with Gasteiger partial charge in [-0.25, -0.2) is 9.59 Å². The van der Waals surface area contributed by atoms with Crippen molar-refractivity contribution in [2.24, 2.45) is 5.73 Å². The Bertz CT molecular complexity index is 490. The molecular formula is C13H17N3O4. The van der Waals surface area contributed by atoms with Crippen LogP contribution in [0.3, 0.4) is 0 Å². The highest BCUT2D eigenvalue weighted by molar-refractivity contribution is 5.89. The van der Waals surface area contributed by atoms with Gasteiger partial charge in [0, 0.05) is 6.42 Å². The molecule has 1 aromatic carbocycles. The molecule has 0 aliphatic rings. The van der Waals surface area contributed by atoms with Gasteiger partial charge in [-0.2, -0.15) is 0 Å². The number of aliphatic carboxylic acids is 1. The average Bonchev–Trinajstić information content (AvgIpc) is 2.38. The summed E-state index contributed by atoms with van der Waals surface area (Å²) in [6.07, 6.45) is 0.158. The number of urea groups is 1. The van der Waals surface area contributed by atoms with Crippen LogP contribution in [0.15, 0.2) is 30.3 Å². The summed E-state index contributed by atoms with van der Waals surface area (Å²) in [5.74, 6) is -1.75. The first kappa shape index (κ1) is 15.5. The van der Waals surface area contributed by atoms with Gasteiger partial charge in [-0.05, 0) is 12.5 Å². The zero-order valence-electron chi connectivity index (χ0n) is 11.0. The molecule has 0 heterocycles. The highest BCUT2D eigenvalue weighted by Crippen LogP contribution is 2.03. The predicted octanol–water partition coefficient (Wildman–Crippen LogP) is -0.145. The minimum Gasteiger partial charge on any atom is -0.480 e. The second-order valence-electron chi connectivity index (χ2n) is 4.32. The monoisotopic (exact) mass is 279 g/mol. The lowest BCUT2D eigenvalue weighted by atomic mass is 10.1. The van der Waals surface area contributed by atoms with E-state index < -0.39 is 30.0 Å². The molecule has 0 radical (unpaired) electrons. The van der Waals surface area contributed by atoms with Gasteiger partial charge in [0.1, 0.15) is 12.1 Å². The second kappa shape index (κ2) is 7.13. The summed E-state index contributed by atoms with van der Waals surface area (Å²) in [5.41, 5.74) is 5.69. The minimum absolute atomic E-state index is 0.158. The van der Waals surface area contributed by atoms with Crippen LogP contribution in [0.4, 0.5) is 4.79 Å². The predicted molar refractivity (Wildman–Crippen MR) is 71.9 cm³/mol. The van der Waals surface area contributed by atoms with Crippen molar-refractivity contribution in [2.45, 2.75) is 25.4 Å². The fraction of sp³-hybridized carbons (Fsp3) is 0.308. The first-order valence-electron chi connectivity index (χ1n) is 6.03. The molecule has 0 bridgehead atoms. The first-order valence-corrected chi connectivity index (χ1v) is 6.03. The van der Waals surface area contributed by atoms with Gasteiger partial charge in [0.15, 0.2) is 0 Å². The quantitative estimate of drug-likeness (QED) is 0.578. The van der Waals surface area contributed by atoms with Crippen molar-refractivity contribution < 1.29 is 19.5 Å². The third-order valence-corrected chi connectivity index (χ3v) is 2.65. The molecule has 7 nitrogen and oxygen atoms in total. The van der Waals surface area contributed by atoms with Gasteiger partial charge >= 0.3 is 12.0 Å². The third kappa shape index (κ3) is 4.97. The van der Waals surface area contributed by atoms with Crippen molar-refractivity contribution >= 4 is 17.9 Å². The van der Waals surface area contributed by atoms with Crippen molar-refractivity contribution in [1.29, 1.82) is 0 Å². The van der Waals surface area contributed by atoms with E-state index in [0.717, 1.165) is 5.56 Å². The molecule has 5 N–H and O–H groups in total. The summed E-state index contributed by atoms with van der Waals surface area (Å²) in [4.78, 5) is 33.5. The lowest BCUT2D eigenvalue weighted by molar-refractivity contribution is -0.142. The van der Waals surface area contributed by atoms with Gasteiger partial charge in [-0.15, -0.1) is 0 Å². The maximum absolute atomic E-state index is 11.7. The van der Waals surface area contributed by atoms with E-state index in [-0.39, 0.29) is 6.42 Å². The molecule has 0 saturated carbocycles. The molecule has 108 valence electrons. The van der Waals surface area contributed by atoms with Gasteiger partial charge in [-0.3, -0.25) is 4.79 Å². The maximum atomic E-state index is 11.7. The molecule has 7 heteroatoms. The summed E-state index contributed by atoms with van der Waals surface area (Å²) in [5, 5.41) is 13.7. The number of carbonyl (C=O) groups excluding carboxylic acids is 2. The molecule has 0 aromatic heterocycles. The number of primary amides is 1. The Kier molecular flexibility index (Phi) is 5.52. The Morgan fingerprint density at radius 3 is 2.30 bits per heavy atom. The van der Waals surface area contributed by atoms with Crippen molar-refractivity contribution in [3.63, 3.8) is 0 Å². The fourth-order valence-corrected chi connectivity index (χ4v) is 1.63. The molecule has 0 aliphatic carbocycles. The Labute approximate surface area is 116 Å². The highest BCUT2D eigenvalue weighted by atomic mass is 16.4. The number of hydrogen-bond donors (Lipinski definition) is 4. The highest BCUT2D eigenvalue weighted by Gasteiger charge is 2.23. The number of nitrogens with one attached hydrogen (secondary N) is 2. The molecule has 2 atom stereocenters. The van der Waals surface area contributed by atoms with Crippen LogP contribution < -0.4 is 16.4 Å². The zero-order chi connectivity index (χ0) is 15.1. The van der Waals surface area contributed by atoms with E-state index in [0.29, 0.717) is 0 Å². The number of amides is 3. The van der Waals surface area contributed by atoms with Gasteiger partial charge in [0.05, 0.1) is 0 Å². The average molecular weight is 279 g/mol. The minimum atomic E-state index is -1.14. The number of rotatable bonds is 6. The largest absolute Gasteiger partial charge is 0.480 e. The molecule has 3 amide bonds. The van der Waals surface area contributed by atoms with Crippen LogP contribution in [0.25, 0.3) is 0 Å². The standard InChI is InChI=1S/C13H17N3O4/c1-8(15-13(14)20)11(17)16-10(12(18)19)7-9-5-3-2-4-6-9/h2-6,8,10H,7H2,1H3,(H,16,17)(H,18,19)(H3,14,15,20)/t8?,10-/m1/s1. The van der Waals surface area contributed by atoms with E-state index in [4.69, 9.17) is 10.8 Å². The van der Waals surface area contributed by atoms with Gasteiger partial charge in [-0.1, -0.05) is 30.3 Å². The molecule has 0 aliphatic heterocycles. The van der Waals surface area contributed by atoms with E-state index in [2.05, 4.69) is 10.6 Å². The third-order valence-electron chi connectivity index (χ3n) is 2.65. The lowest BCUT2D eigenvalue weighted by Crippen LogP contribution is -2.52. The van der Waals surface area contributed by atoms with Crippen LogP contribution in [0.5, 0.6) is 0 Å². The van der Waals surface area contributed by atoms with E-state index in [1.54, 1.807) is 24.3 Å². The second-order valence-corrected chi connectivity index (χ2v) is 4.32. The maximum Gasteiger partial charge on any atom is 0.326 e. The number of nitrogens with two attached hydrogens (primary N) is 1. The van der Waals surface area contributed by atoms with Crippen molar-refractivity contribution in [3.8, 4) is 0 Å². The number of carboxylic acids is 1. The zero-order valence-corrected chi connectivity index (χ0v) is 11.0. The van der Waals surface area contributed by atoms with Crippen molar-refractivity contribution in [2.75, 3.05) is 0 Å². The number of carboxylic acid groups (broad SMARTS) is 1. The van der Waals surface area contributed by atoms with Crippen molar-refractivity contribution in [3.05, 3.63) is 35.9 Å². The van der Waals surface area contributed by atoms with Crippen LogP contribution in [0, 0.1) is 0 Å². The number of carbonyl (C=O) groups is 3. The van der Waals surface area contributed by atoms with E-state index in [1.165, 1.54) is 6.92 Å². The van der Waals surface area contributed by atoms with Gasteiger partial charge < -0.3 is 21.5 Å². The Morgan fingerprint density at radius 2 is 1.80 bits per heavy atom. The molecule has 1 rings (SSSR count). The van der Waals surface area contributed by atoms with E-state index in [1.807, 2.05) is 6.07 Å². The van der Waals surface area contributed by atoms with Crippen LogP contribution in [0.2, 0.25) is 0 Å². The lowest BCUT2D eigenvalue weighted by Gasteiger charge is -2.18. The van der Waals surface area contributed by atoms with Crippen LogP contribution in [-0.4, -0.2) is 35.1 Å². The van der Waals surface area contributed by atoms with Gasteiger partial charge in [0.2, 0.25) is 5.91 Å². The number of benzene rings is 1. The molecule has 0 fully saturated rings. The fourth-order valence-electron chi connectivity index (χ4n) is 1.63. The summed E-state index contributed by atoms with van der Waals surface area (Å²) < 4.78 is 0. The molecule has 1 unspecified atom stereocenters. The molecular weight excluding hydrogens is 262 g/mol. The molecule has 0 saturated heterocycles. The van der Waals surface area contributed by atoms with Gasteiger partial charge in [0.25, 0.3) is 0 Å². The SMILES string of the molecule is CC(NC(N)=O)C(=O)N[C@H](Cc1ccccc1)C(=O)O. The summed E-state index contributed by atoms with van der Waals surface area (Å²) in [6, 6.07) is 6.12. The number of hydrogen-bond acceptors (Lipinski definition) is 3. The van der Waals surface area contributed by atoms with E-state index in [9.17, 15) is 14.4 Å². The molecule has 1 aromatic rings. The summed E-state index contributed by atoms with van der Waals surface area (Å²) in [6.45, 7) is 1.42. The van der Waals surface area contributed by atoms with Crippen molar-refractivity contribution in [1.82, 2.24) is 10.6 Å². The Balaban J connectivity index is 2.66. The molecule has 0 spiro atoms. The Morgan fingerprint density at radius 1 is 1.20 bits per heavy atom. The smallest absolute Gasteiger partial charge is 0.326 e. The van der Waals surface area contributed by atoms with E-state index >= 15 is 0 Å². The topological polar surface area (TPSA) is 122 Å². The van der Waals surface area contributed by atoms with Crippen LogP contribution >= 0.6 is 0 Å². The summed E-state index contributed by atoms with van der Waals surface area (Å²) in [7, 11) is 0. The molecule has 20 heavy (non-hydrogen) atoms.